The van der Waals surface area contributed by atoms with Crippen LogP contribution in [0, 0.1) is 10.1 Å². The standard InChI is InChI=1S/C18H15N3O4/c1-25-18(22)15-6-2-4-13(10-15)12-20-9-8-19-17(20)14-5-3-7-16(11-14)21(23)24/h2-11H,12H2,1H3. The molecule has 0 saturated heterocycles. The molecule has 3 aromatic rings. The average Bonchev–Trinajstić information content (AvgIpc) is 3.09. The predicted octanol–water partition coefficient (Wildman–Crippen LogP) is 3.29. The second-order valence-electron chi connectivity index (χ2n) is 5.38. The van der Waals surface area contributed by atoms with Crippen LogP contribution in [0.1, 0.15) is 15.9 Å². The number of aromatic nitrogens is 2. The highest BCUT2D eigenvalue weighted by Gasteiger charge is 2.12. The van der Waals surface area contributed by atoms with E-state index in [1.807, 2.05) is 10.6 Å². The molecule has 7 heteroatoms. The van der Waals surface area contributed by atoms with Gasteiger partial charge in [0.05, 0.1) is 17.6 Å². The number of non-ortho nitro benzene ring substituents is 1. The minimum Gasteiger partial charge on any atom is -0.465 e. The fourth-order valence-corrected chi connectivity index (χ4v) is 2.57. The Bertz CT molecular complexity index is 933. The van der Waals surface area contributed by atoms with E-state index in [4.69, 9.17) is 4.74 Å². The topological polar surface area (TPSA) is 87.3 Å². The number of hydrogen-bond donors (Lipinski definition) is 0. The van der Waals surface area contributed by atoms with Crippen LogP contribution in [0.3, 0.4) is 0 Å². The van der Waals surface area contributed by atoms with Gasteiger partial charge >= 0.3 is 5.97 Å². The summed E-state index contributed by atoms with van der Waals surface area (Å²) in [6, 6.07) is 13.4. The van der Waals surface area contributed by atoms with Crippen molar-refractivity contribution in [2.24, 2.45) is 0 Å². The summed E-state index contributed by atoms with van der Waals surface area (Å²) in [5.41, 5.74) is 2.03. The number of ether oxygens (including phenoxy) is 1. The third-order valence-electron chi connectivity index (χ3n) is 3.73. The number of nitrogens with zero attached hydrogens (tertiary/aromatic N) is 3. The van der Waals surface area contributed by atoms with E-state index in [1.165, 1.54) is 19.2 Å². The zero-order chi connectivity index (χ0) is 17.8. The molecule has 0 bridgehead atoms. The van der Waals surface area contributed by atoms with Gasteiger partial charge in [-0.05, 0) is 17.7 Å². The van der Waals surface area contributed by atoms with Crippen LogP contribution in [0.4, 0.5) is 5.69 Å². The molecule has 0 atom stereocenters. The smallest absolute Gasteiger partial charge is 0.337 e. The Balaban J connectivity index is 1.91. The number of benzene rings is 2. The fourth-order valence-electron chi connectivity index (χ4n) is 2.57. The maximum Gasteiger partial charge on any atom is 0.337 e. The normalized spacial score (nSPS) is 10.4. The molecule has 0 aliphatic rings. The van der Waals surface area contributed by atoms with Crippen molar-refractivity contribution in [1.29, 1.82) is 0 Å². The van der Waals surface area contributed by atoms with Crippen LogP contribution < -0.4 is 0 Å². The van der Waals surface area contributed by atoms with E-state index < -0.39 is 10.9 Å². The molecule has 1 heterocycles. The van der Waals surface area contributed by atoms with Crippen LogP contribution >= 0.6 is 0 Å². The molecule has 0 fully saturated rings. The molecule has 2 aromatic carbocycles. The Morgan fingerprint density at radius 2 is 2.04 bits per heavy atom. The van der Waals surface area contributed by atoms with Gasteiger partial charge in [-0.1, -0.05) is 24.3 Å². The first kappa shape index (κ1) is 16.4. The molecule has 0 aliphatic heterocycles. The predicted molar refractivity (Wildman–Crippen MR) is 91.2 cm³/mol. The number of esters is 1. The van der Waals surface area contributed by atoms with Gasteiger partial charge in [0, 0.05) is 36.6 Å². The summed E-state index contributed by atoms with van der Waals surface area (Å²) in [6.07, 6.45) is 3.43. The van der Waals surface area contributed by atoms with Crippen molar-refractivity contribution < 1.29 is 14.5 Å². The second kappa shape index (κ2) is 6.96. The average molecular weight is 337 g/mol. The summed E-state index contributed by atoms with van der Waals surface area (Å²) in [5, 5.41) is 11.0. The van der Waals surface area contributed by atoms with Gasteiger partial charge in [0.2, 0.25) is 0 Å². The van der Waals surface area contributed by atoms with Crippen molar-refractivity contribution >= 4 is 11.7 Å². The molecule has 0 radical (unpaired) electrons. The van der Waals surface area contributed by atoms with E-state index in [2.05, 4.69) is 4.98 Å². The van der Waals surface area contributed by atoms with Gasteiger partial charge in [-0.3, -0.25) is 10.1 Å². The van der Waals surface area contributed by atoms with Crippen molar-refractivity contribution in [1.82, 2.24) is 9.55 Å². The summed E-state index contributed by atoms with van der Waals surface area (Å²) in [5.74, 6) is 0.221. The molecule has 25 heavy (non-hydrogen) atoms. The number of hydrogen-bond acceptors (Lipinski definition) is 5. The van der Waals surface area contributed by atoms with Gasteiger partial charge in [-0.25, -0.2) is 9.78 Å². The molecular weight excluding hydrogens is 322 g/mol. The second-order valence-corrected chi connectivity index (χ2v) is 5.38. The Kier molecular flexibility index (Phi) is 4.56. The van der Waals surface area contributed by atoms with Gasteiger partial charge in [-0.15, -0.1) is 0 Å². The SMILES string of the molecule is COC(=O)c1cccc(Cn2ccnc2-c2cccc([N+](=O)[O-])c2)c1. The molecule has 7 nitrogen and oxygen atoms in total. The number of nitro benzene ring substituents is 1. The Hall–Kier alpha value is -3.48. The summed E-state index contributed by atoms with van der Waals surface area (Å²) in [7, 11) is 1.34. The van der Waals surface area contributed by atoms with Gasteiger partial charge < -0.3 is 9.30 Å². The highest BCUT2D eigenvalue weighted by molar-refractivity contribution is 5.89. The Morgan fingerprint density at radius 1 is 1.24 bits per heavy atom. The first-order valence-corrected chi connectivity index (χ1v) is 7.51. The lowest BCUT2D eigenvalue weighted by Gasteiger charge is -2.09. The summed E-state index contributed by atoms with van der Waals surface area (Å²) in [6.45, 7) is 0.475. The molecule has 0 unspecified atom stereocenters. The third-order valence-corrected chi connectivity index (χ3v) is 3.73. The number of imidazole rings is 1. The molecule has 0 amide bonds. The van der Waals surface area contributed by atoms with E-state index in [-0.39, 0.29) is 5.69 Å². The fraction of sp³-hybridized carbons (Fsp3) is 0.111. The minimum absolute atomic E-state index is 0.0136. The van der Waals surface area contributed by atoms with Gasteiger partial charge in [0.25, 0.3) is 5.69 Å². The van der Waals surface area contributed by atoms with Gasteiger partial charge in [0.15, 0.2) is 0 Å². The van der Waals surface area contributed by atoms with E-state index in [0.717, 1.165) is 5.56 Å². The van der Waals surface area contributed by atoms with Crippen LogP contribution in [-0.4, -0.2) is 27.6 Å². The zero-order valence-corrected chi connectivity index (χ0v) is 13.5. The van der Waals surface area contributed by atoms with E-state index in [9.17, 15) is 14.9 Å². The molecule has 0 N–H and O–H groups in total. The van der Waals surface area contributed by atoms with Crippen molar-refractivity contribution in [3.63, 3.8) is 0 Å². The van der Waals surface area contributed by atoms with E-state index in [0.29, 0.717) is 23.5 Å². The molecule has 0 saturated carbocycles. The molecule has 1 aromatic heterocycles. The molecule has 0 spiro atoms. The number of rotatable bonds is 5. The van der Waals surface area contributed by atoms with Gasteiger partial charge in [-0.2, -0.15) is 0 Å². The van der Waals surface area contributed by atoms with Gasteiger partial charge in [0.1, 0.15) is 5.82 Å². The van der Waals surface area contributed by atoms with Crippen LogP contribution in [-0.2, 0) is 11.3 Å². The lowest BCUT2D eigenvalue weighted by atomic mass is 10.1. The first-order valence-electron chi connectivity index (χ1n) is 7.51. The van der Waals surface area contributed by atoms with Crippen molar-refractivity contribution in [2.75, 3.05) is 7.11 Å². The largest absolute Gasteiger partial charge is 0.465 e. The molecule has 3 rings (SSSR count). The first-order chi connectivity index (χ1) is 12.1. The van der Waals surface area contributed by atoms with Crippen LogP contribution in [0.15, 0.2) is 60.9 Å². The minimum atomic E-state index is -0.434. The maximum atomic E-state index is 11.7. The van der Waals surface area contributed by atoms with Crippen LogP contribution in [0.5, 0.6) is 0 Å². The lowest BCUT2D eigenvalue weighted by molar-refractivity contribution is -0.384. The highest BCUT2D eigenvalue weighted by atomic mass is 16.6. The van der Waals surface area contributed by atoms with E-state index in [1.54, 1.807) is 42.7 Å². The number of nitro groups is 1. The number of carbonyl (C=O) groups is 1. The molecular formula is C18H15N3O4. The van der Waals surface area contributed by atoms with Crippen LogP contribution in [0.25, 0.3) is 11.4 Å². The van der Waals surface area contributed by atoms with Crippen molar-refractivity contribution in [2.45, 2.75) is 6.54 Å². The Morgan fingerprint density at radius 3 is 2.80 bits per heavy atom. The van der Waals surface area contributed by atoms with Crippen LogP contribution in [0.2, 0.25) is 0 Å². The summed E-state index contributed by atoms with van der Waals surface area (Å²) < 4.78 is 6.60. The van der Waals surface area contributed by atoms with Crippen molar-refractivity contribution in [3.05, 3.63) is 82.2 Å². The quantitative estimate of drug-likeness (QED) is 0.405. The molecule has 126 valence electrons. The number of carbonyl (C=O) groups excluding carboxylic acids is 1. The lowest BCUT2D eigenvalue weighted by Crippen LogP contribution is -2.05. The zero-order valence-electron chi connectivity index (χ0n) is 13.5. The van der Waals surface area contributed by atoms with Crippen molar-refractivity contribution in [3.8, 4) is 11.4 Å². The monoisotopic (exact) mass is 337 g/mol. The Labute approximate surface area is 143 Å². The summed E-state index contributed by atoms with van der Waals surface area (Å²) >= 11 is 0. The maximum absolute atomic E-state index is 11.7. The summed E-state index contributed by atoms with van der Waals surface area (Å²) in [4.78, 5) is 26.5. The highest BCUT2D eigenvalue weighted by Crippen LogP contribution is 2.23. The van der Waals surface area contributed by atoms with E-state index >= 15 is 0 Å². The third kappa shape index (κ3) is 3.55. The molecule has 0 aliphatic carbocycles. The number of methoxy groups -OCH3 is 1.